The van der Waals surface area contributed by atoms with Gasteiger partial charge in [-0.25, -0.2) is 9.18 Å². The molecule has 33 heavy (non-hydrogen) atoms. The van der Waals surface area contributed by atoms with Crippen molar-refractivity contribution in [3.63, 3.8) is 0 Å². The van der Waals surface area contributed by atoms with Gasteiger partial charge in [-0.3, -0.25) is 9.59 Å². The van der Waals surface area contributed by atoms with Gasteiger partial charge in [0.2, 0.25) is 5.43 Å². The van der Waals surface area contributed by atoms with Crippen LogP contribution in [0.4, 0.5) is 10.1 Å². The minimum absolute atomic E-state index is 0.00711. The molecule has 2 aromatic rings. The van der Waals surface area contributed by atoms with E-state index in [1.165, 1.54) is 12.3 Å². The van der Waals surface area contributed by atoms with Gasteiger partial charge < -0.3 is 25.0 Å². The molecule has 0 bridgehead atoms. The Morgan fingerprint density at radius 3 is 2.52 bits per heavy atom. The fourth-order valence-electron chi connectivity index (χ4n) is 4.84. The van der Waals surface area contributed by atoms with Gasteiger partial charge in [0, 0.05) is 49.1 Å². The summed E-state index contributed by atoms with van der Waals surface area (Å²) in [6.07, 6.45) is 3.51. The average Bonchev–Trinajstić information content (AvgIpc) is 2.77. The molecule has 9 heteroatoms. The van der Waals surface area contributed by atoms with Crippen molar-refractivity contribution in [2.45, 2.75) is 64.6 Å². The van der Waals surface area contributed by atoms with E-state index in [1.807, 2.05) is 25.7 Å². The molecule has 0 saturated carbocycles. The summed E-state index contributed by atoms with van der Waals surface area (Å²) in [5.74, 6) is -2.28. The predicted octanol–water partition coefficient (Wildman–Crippen LogP) is 2.84. The van der Waals surface area contributed by atoms with Crippen molar-refractivity contribution in [3.8, 4) is 0 Å². The third-order valence-corrected chi connectivity index (χ3v) is 6.89. The zero-order valence-corrected chi connectivity index (χ0v) is 19.1. The second-order valence-electron chi connectivity index (χ2n) is 9.45. The Bertz CT molecular complexity index is 1170. The molecular weight excluding hydrogens is 429 g/mol. The van der Waals surface area contributed by atoms with E-state index in [9.17, 15) is 19.5 Å². The molecule has 2 aliphatic heterocycles. The van der Waals surface area contributed by atoms with E-state index in [1.54, 1.807) is 4.57 Å². The number of aromatic nitrogens is 1. The number of hydrogen-bond donors (Lipinski definition) is 2. The summed E-state index contributed by atoms with van der Waals surface area (Å²) in [4.78, 5) is 38.5. The second kappa shape index (κ2) is 8.78. The first-order chi connectivity index (χ1) is 15.6. The molecular formula is C24H30FN3O5. The van der Waals surface area contributed by atoms with Gasteiger partial charge in [-0.1, -0.05) is 13.8 Å². The number of benzene rings is 1. The SMILES string of the molecule is CC(C)[C@H](N)C(=O)OC1CCN(c2c(F)cc3c(=O)c(C(=O)O)cn4c3c2CC[C@@H]4C)CC1. The van der Waals surface area contributed by atoms with Crippen LogP contribution in [-0.2, 0) is 16.0 Å². The van der Waals surface area contributed by atoms with Gasteiger partial charge in [-0.15, -0.1) is 0 Å². The number of carboxylic acids is 1. The van der Waals surface area contributed by atoms with E-state index in [0.717, 1.165) is 5.56 Å². The summed E-state index contributed by atoms with van der Waals surface area (Å²) in [6, 6.07) is 0.498. The number of aromatic carboxylic acids is 1. The number of anilines is 1. The molecule has 2 atom stereocenters. The highest BCUT2D eigenvalue weighted by molar-refractivity contribution is 5.95. The number of carbonyl (C=O) groups is 2. The maximum absolute atomic E-state index is 15.4. The first-order valence-corrected chi connectivity index (χ1v) is 11.4. The van der Waals surface area contributed by atoms with Crippen molar-refractivity contribution in [1.82, 2.24) is 4.57 Å². The molecule has 0 spiro atoms. The Morgan fingerprint density at radius 2 is 1.91 bits per heavy atom. The standard InChI is InChI=1S/C24H30FN3O5/c1-12(2)19(26)24(32)33-14-6-8-27(9-7-14)21-15-5-4-13(3)28-11-17(23(30)31)22(29)16(20(15)28)10-18(21)25/h10-14,19H,4-9,26H2,1-3H3,(H,30,31)/t13-,19-/m0/s1. The number of piperidine rings is 1. The summed E-state index contributed by atoms with van der Waals surface area (Å²) >= 11 is 0. The Balaban J connectivity index is 1.66. The third kappa shape index (κ3) is 4.10. The lowest BCUT2D eigenvalue weighted by molar-refractivity contribution is -0.152. The van der Waals surface area contributed by atoms with Crippen LogP contribution in [0, 0.1) is 11.7 Å². The number of pyridine rings is 1. The maximum atomic E-state index is 15.4. The van der Waals surface area contributed by atoms with E-state index in [0.29, 0.717) is 50.0 Å². The third-order valence-electron chi connectivity index (χ3n) is 6.89. The average molecular weight is 460 g/mol. The van der Waals surface area contributed by atoms with Crippen molar-refractivity contribution < 1.29 is 23.8 Å². The Morgan fingerprint density at radius 1 is 1.24 bits per heavy atom. The van der Waals surface area contributed by atoms with Crippen LogP contribution in [0.25, 0.3) is 10.9 Å². The van der Waals surface area contributed by atoms with Crippen LogP contribution in [-0.4, -0.2) is 46.8 Å². The zero-order valence-electron chi connectivity index (χ0n) is 19.1. The number of carboxylic acid groups (broad SMARTS) is 1. The van der Waals surface area contributed by atoms with Gasteiger partial charge in [0.15, 0.2) is 0 Å². The molecule has 0 amide bonds. The molecule has 0 aliphatic carbocycles. The van der Waals surface area contributed by atoms with Gasteiger partial charge >= 0.3 is 11.9 Å². The van der Waals surface area contributed by atoms with Crippen molar-refractivity contribution in [1.29, 1.82) is 0 Å². The Kier molecular flexibility index (Phi) is 6.18. The summed E-state index contributed by atoms with van der Waals surface area (Å²) in [6.45, 7) is 6.68. The molecule has 1 fully saturated rings. The molecule has 2 aliphatic rings. The summed E-state index contributed by atoms with van der Waals surface area (Å²) in [5, 5.41) is 9.54. The van der Waals surface area contributed by atoms with E-state index in [2.05, 4.69) is 0 Å². The van der Waals surface area contributed by atoms with Crippen molar-refractivity contribution in [2.75, 3.05) is 18.0 Å². The van der Waals surface area contributed by atoms with Crippen LogP contribution < -0.4 is 16.1 Å². The van der Waals surface area contributed by atoms with Gasteiger partial charge in [-0.2, -0.15) is 0 Å². The van der Waals surface area contributed by atoms with E-state index in [4.69, 9.17) is 10.5 Å². The summed E-state index contributed by atoms with van der Waals surface area (Å²) in [7, 11) is 0. The van der Waals surface area contributed by atoms with E-state index < -0.39 is 29.2 Å². The van der Waals surface area contributed by atoms with Crippen molar-refractivity contribution in [3.05, 3.63) is 39.4 Å². The van der Waals surface area contributed by atoms with Gasteiger partial charge in [-0.05, 0) is 31.7 Å². The van der Waals surface area contributed by atoms with Crippen molar-refractivity contribution >= 4 is 28.5 Å². The number of nitrogens with two attached hydrogens (primary N) is 1. The minimum Gasteiger partial charge on any atom is -0.477 e. The molecule has 3 heterocycles. The number of carbonyl (C=O) groups excluding carboxylic acids is 1. The fourth-order valence-corrected chi connectivity index (χ4v) is 4.84. The summed E-state index contributed by atoms with van der Waals surface area (Å²) < 4.78 is 22.7. The number of esters is 1. The molecule has 1 saturated heterocycles. The zero-order chi connectivity index (χ0) is 24.0. The van der Waals surface area contributed by atoms with Crippen LogP contribution in [0.5, 0.6) is 0 Å². The van der Waals surface area contributed by atoms with Crippen LogP contribution >= 0.6 is 0 Å². The number of nitrogens with zero attached hydrogens (tertiary/aromatic N) is 2. The minimum atomic E-state index is -1.32. The first-order valence-electron chi connectivity index (χ1n) is 11.4. The lowest BCUT2D eigenvalue weighted by Crippen LogP contribution is -2.43. The molecule has 4 rings (SSSR count). The highest BCUT2D eigenvalue weighted by atomic mass is 19.1. The molecule has 3 N–H and O–H groups in total. The lowest BCUT2D eigenvalue weighted by atomic mass is 9.93. The highest BCUT2D eigenvalue weighted by Gasteiger charge is 2.31. The quantitative estimate of drug-likeness (QED) is 0.661. The summed E-state index contributed by atoms with van der Waals surface area (Å²) in [5.41, 5.74) is 6.66. The number of rotatable bonds is 5. The van der Waals surface area contributed by atoms with Crippen LogP contribution in [0.2, 0.25) is 0 Å². The molecule has 1 aromatic heterocycles. The molecule has 8 nitrogen and oxygen atoms in total. The maximum Gasteiger partial charge on any atom is 0.341 e. The van der Waals surface area contributed by atoms with E-state index >= 15 is 4.39 Å². The Hall–Kier alpha value is -2.94. The van der Waals surface area contributed by atoms with Gasteiger partial charge in [0.25, 0.3) is 0 Å². The van der Waals surface area contributed by atoms with Gasteiger partial charge in [0.1, 0.15) is 23.5 Å². The molecule has 0 radical (unpaired) electrons. The van der Waals surface area contributed by atoms with Crippen LogP contribution in [0.1, 0.15) is 62.0 Å². The fraction of sp³-hybridized carbons (Fsp3) is 0.542. The molecule has 0 unspecified atom stereocenters. The topological polar surface area (TPSA) is 115 Å². The van der Waals surface area contributed by atoms with Crippen LogP contribution in [0.15, 0.2) is 17.1 Å². The largest absolute Gasteiger partial charge is 0.477 e. The number of hydrogen-bond acceptors (Lipinski definition) is 6. The Labute approximate surface area is 191 Å². The predicted molar refractivity (Wildman–Crippen MR) is 122 cm³/mol. The highest BCUT2D eigenvalue weighted by Crippen LogP contribution is 2.39. The smallest absolute Gasteiger partial charge is 0.341 e. The second-order valence-corrected chi connectivity index (χ2v) is 9.45. The van der Waals surface area contributed by atoms with Crippen LogP contribution in [0.3, 0.4) is 0 Å². The number of ether oxygens (including phenoxy) is 1. The monoisotopic (exact) mass is 459 g/mol. The normalized spacial score (nSPS) is 19.7. The number of aryl methyl sites for hydroxylation is 1. The lowest BCUT2D eigenvalue weighted by Gasteiger charge is -2.37. The first kappa shape index (κ1) is 23.2. The van der Waals surface area contributed by atoms with E-state index in [-0.39, 0.29) is 29.0 Å². The molecule has 178 valence electrons. The molecule has 1 aromatic carbocycles. The van der Waals surface area contributed by atoms with Gasteiger partial charge in [0.05, 0.1) is 11.2 Å². The van der Waals surface area contributed by atoms with Crippen molar-refractivity contribution in [2.24, 2.45) is 11.7 Å². The number of halogens is 1.